The normalized spacial score (nSPS) is 11.8. The lowest BCUT2D eigenvalue weighted by Gasteiger charge is -2.27. The maximum Gasteiger partial charge on any atom is 0.317 e. The highest BCUT2D eigenvalue weighted by Gasteiger charge is 2.18. The zero-order chi connectivity index (χ0) is 20.7. The van der Waals surface area contributed by atoms with Crippen LogP contribution in [0.3, 0.4) is 0 Å². The van der Waals surface area contributed by atoms with Crippen molar-refractivity contribution in [2.24, 2.45) is 0 Å². The maximum atomic E-state index is 13.8. The minimum atomic E-state index is -0.445. The molecular weight excluding hydrogens is 361 g/mol. The van der Waals surface area contributed by atoms with Crippen LogP contribution in [0, 0.1) is 5.82 Å². The Bertz CT molecular complexity index is 798. The molecule has 28 heavy (non-hydrogen) atoms. The smallest absolute Gasteiger partial charge is 0.317 e. The topological polar surface area (TPSA) is 54.0 Å². The Hall–Kier alpha value is -2.80. The Morgan fingerprint density at radius 2 is 1.86 bits per heavy atom. The number of likely N-dealkylation sites (N-methyl/N-ethyl adjacent to an activating group) is 1. The van der Waals surface area contributed by atoms with Crippen LogP contribution >= 0.6 is 0 Å². The summed E-state index contributed by atoms with van der Waals surface area (Å²) >= 11 is 0. The Morgan fingerprint density at radius 1 is 1.11 bits per heavy atom. The third kappa shape index (κ3) is 5.60. The highest BCUT2D eigenvalue weighted by molar-refractivity contribution is 5.73. The van der Waals surface area contributed by atoms with Crippen LogP contribution in [0.4, 0.5) is 9.18 Å². The van der Waals surface area contributed by atoms with Gasteiger partial charge in [0.2, 0.25) is 0 Å². The van der Waals surface area contributed by atoms with E-state index in [0.717, 1.165) is 11.3 Å². The molecule has 2 aromatic carbocycles. The standard InChI is InChI=1S/C21H28FN3O3/c1-24(2)19(16-7-6-8-17(12-16)27-4)13-23-21(26)25(3)14-15-9-10-20(28-5)18(22)11-15/h6-12,19H,13-14H2,1-5H3,(H,23,26). The molecule has 0 spiro atoms. The van der Waals surface area contributed by atoms with E-state index in [-0.39, 0.29) is 17.8 Å². The van der Waals surface area contributed by atoms with Gasteiger partial charge < -0.3 is 24.6 Å². The van der Waals surface area contributed by atoms with Gasteiger partial charge in [-0.3, -0.25) is 0 Å². The zero-order valence-corrected chi connectivity index (χ0v) is 17.0. The molecule has 0 radical (unpaired) electrons. The summed E-state index contributed by atoms with van der Waals surface area (Å²) in [6.07, 6.45) is 0. The van der Waals surface area contributed by atoms with Crippen LogP contribution in [0.5, 0.6) is 11.5 Å². The number of carbonyl (C=O) groups excluding carboxylic acids is 1. The first-order valence-electron chi connectivity index (χ1n) is 8.97. The Kier molecular flexibility index (Phi) is 7.63. The fraction of sp³-hybridized carbons (Fsp3) is 0.381. The van der Waals surface area contributed by atoms with Crippen molar-refractivity contribution in [1.82, 2.24) is 15.1 Å². The summed E-state index contributed by atoms with van der Waals surface area (Å²) in [7, 11) is 8.64. The summed E-state index contributed by atoms with van der Waals surface area (Å²) in [6.45, 7) is 0.721. The van der Waals surface area contributed by atoms with Gasteiger partial charge in [-0.25, -0.2) is 9.18 Å². The van der Waals surface area contributed by atoms with Gasteiger partial charge in [-0.05, 0) is 49.5 Å². The molecular formula is C21H28FN3O3. The predicted octanol–water partition coefficient (Wildman–Crippen LogP) is 3.29. The van der Waals surface area contributed by atoms with Gasteiger partial charge in [0, 0.05) is 20.1 Å². The number of urea groups is 1. The molecule has 1 unspecified atom stereocenters. The number of amides is 2. The van der Waals surface area contributed by atoms with Gasteiger partial charge in [0.15, 0.2) is 11.6 Å². The van der Waals surface area contributed by atoms with Gasteiger partial charge in [0.05, 0.1) is 20.3 Å². The summed E-state index contributed by atoms with van der Waals surface area (Å²) in [5.41, 5.74) is 1.73. The number of ether oxygens (including phenoxy) is 2. The van der Waals surface area contributed by atoms with Crippen molar-refractivity contribution in [3.63, 3.8) is 0 Å². The van der Waals surface area contributed by atoms with Crippen molar-refractivity contribution >= 4 is 6.03 Å². The fourth-order valence-electron chi connectivity index (χ4n) is 2.92. The number of carbonyl (C=O) groups is 1. The van der Waals surface area contributed by atoms with E-state index in [1.165, 1.54) is 18.1 Å². The molecule has 2 amide bonds. The van der Waals surface area contributed by atoms with Gasteiger partial charge in [-0.1, -0.05) is 18.2 Å². The number of rotatable bonds is 8. The summed E-state index contributed by atoms with van der Waals surface area (Å²) < 4.78 is 24.0. The first-order chi connectivity index (χ1) is 13.3. The van der Waals surface area contributed by atoms with Crippen molar-refractivity contribution in [3.8, 4) is 11.5 Å². The van der Waals surface area contributed by atoms with E-state index in [0.29, 0.717) is 18.7 Å². The predicted molar refractivity (Wildman–Crippen MR) is 107 cm³/mol. The molecule has 2 aromatic rings. The highest BCUT2D eigenvalue weighted by Crippen LogP contribution is 2.22. The zero-order valence-electron chi connectivity index (χ0n) is 17.0. The van der Waals surface area contributed by atoms with Gasteiger partial charge in [0.1, 0.15) is 5.75 Å². The van der Waals surface area contributed by atoms with Crippen LogP contribution in [0.15, 0.2) is 42.5 Å². The first-order valence-corrected chi connectivity index (χ1v) is 8.97. The van der Waals surface area contributed by atoms with E-state index < -0.39 is 5.82 Å². The molecule has 0 aliphatic carbocycles. The van der Waals surface area contributed by atoms with Gasteiger partial charge >= 0.3 is 6.03 Å². The van der Waals surface area contributed by atoms with Crippen molar-refractivity contribution in [3.05, 3.63) is 59.4 Å². The third-order valence-electron chi connectivity index (χ3n) is 4.53. The molecule has 152 valence electrons. The minimum absolute atomic E-state index is 0.00844. The lowest BCUT2D eigenvalue weighted by Crippen LogP contribution is -2.41. The molecule has 1 N–H and O–H groups in total. The number of nitrogens with zero attached hydrogens (tertiary/aromatic N) is 2. The highest BCUT2D eigenvalue weighted by atomic mass is 19.1. The monoisotopic (exact) mass is 389 g/mol. The van der Waals surface area contributed by atoms with Crippen molar-refractivity contribution in [2.45, 2.75) is 12.6 Å². The minimum Gasteiger partial charge on any atom is -0.497 e. The fourth-order valence-corrected chi connectivity index (χ4v) is 2.92. The number of hydrogen-bond donors (Lipinski definition) is 1. The average molecular weight is 389 g/mol. The maximum absolute atomic E-state index is 13.8. The Balaban J connectivity index is 1.99. The average Bonchev–Trinajstić information content (AvgIpc) is 2.68. The number of hydrogen-bond acceptors (Lipinski definition) is 4. The van der Waals surface area contributed by atoms with Gasteiger partial charge in [-0.2, -0.15) is 0 Å². The van der Waals surface area contributed by atoms with E-state index in [9.17, 15) is 9.18 Å². The van der Waals surface area contributed by atoms with Crippen molar-refractivity contribution < 1.29 is 18.7 Å². The summed E-state index contributed by atoms with van der Waals surface area (Å²) in [5.74, 6) is 0.511. The van der Waals surface area contributed by atoms with Crippen LogP contribution in [0.1, 0.15) is 17.2 Å². The van der Waals surface area contributed by atoms with Crippen LogP contribution in [0.2, 0.25) is 0 Å². The quantitative estimate of drug-likeness (QED) is 0.753. The number of nitrogens with one attached hydrogen (secondary N) is 1. The third-order valence-corrected chi connectivity index (χ3v) is 4.53. The van der Waals surface area contributed by atoms with Gasteiger partial charge in [-0.15, -0.1) is 0 Å². The molecule has 0 aliphatic heterocycles. The van der Waals surface area contributed by atoms with E-state index in [4.69, 9.17) is 9.47 Å². The Labute approximate surface area is 165 Å². The molecule has 0 saturated heterocycles. The molecule has 0 saturated carbocycles. The molecule has 1 atom stereocenters. The second-order valence-corrected chi connectivity index (χ2v) is 6.77. The molecule has 0 fully saturated rings. The van der Waals surface area contributed by atoms with E-state index in [1.54, 1.807) is 26.3 Å². The van der Waals surface area contributed by atoms with Gasteiger partial charge in [0.25, 0.3) is 0 Å². The molecule has 7 heteroatoms. The molecule has 0 heterocycles. The summed E-state index contributed by atoms with van der Waals surface area (Å²) in [5, 5.41) is 2.94. The number of methoxy groups -OCH3 is 2. The van der Waals surface area contributed by atoms with E-state index in [1.807, 2.05) is 43.3 Å². The molecule has 0 bridgehead atoms. The molecule has 6 nitrogen and oxygen atoms in total. The van der Waals surface area contributed by atoms with Crippen LogP contribution in [0.25, 0.3) is 0 Å². The Morgan fingerprint density at radius 3 is 2.46 bits per heavy atom. The second kappa shape index (κ2) is 9.94. The van der Waals surface area contributed by atoms with Crippen LogP contribution in [-0.4, -0.2) is 57.7 Å². The van der Waals surface area contributed by atoms with Crippen LogP contribution in [-0.2, 0) is 6.54 Å². The number of halogens is 1. The van der Waals surface area contributed by atoms with E-state index >= 15 is 0 Å². The largest absolute Gasteiger partial charge is 0.497 e. The number of benzene rings is 2. The van der Waals surface area contributed by atoms with Crippen molar-refractivity contribution in [2.75, 3.05) is 41.9 Å². The first kappa shape index (κ1) is 21.5. The summed E-state index contributed by atoms with van der Waals surface area (Å²) in [4.78, 5) is 16.0. The lowest BCUT2D eigenvalue weighted by atomic mass is 10.1. The molecule has 0 aliphatic rings. The van der Waals surface area contributed by atoms with E-state index in [2.05, 4.69) is 5.32 Å². The molecule has 2 rings (SSSR count). The SMILES string of the molecule is COc1cccc(C(CNC(=O)N(C)Cc2ccc(OC)c(F)c2)N(C)C)c1. The summed E-state index contributed by atoms with van der Waals surface area (Å²) in [6, 6.07) is 12.2. The second-order valence-electron chi connectivity index (χ2n) is 6.77. The van der Waals surface area contributed by atoms with Crippen LogP contribution < -0.4 is 14.8 Å². The lowest BCUT2D eigenvalue weighted by molar-refractivity contribution is 0.200. The van der Waals surface area contributed by atoms with Crippen molar-refractivity contribution in [1.29, 1.82) is 0 Å². The molecule has 0 aromatic heterocycles.